The summed E-state index contributed by atoms with van der Waals surface area (Å²) in [5.41, 5.74) is 0. The molecule has 0 aromatic carbocycles. The Bertz CT molecular complexity index is 45.8. The molecule has 0 aliphatic rings. The van der Waals surface area contributed by atoms with Gasteiger partial charge in [0.15, 0.2) is 0 Å². The number of carbonyl (C=O) groups is 1. The van der Waals surface area contributed by atoms with Gasteiger partial charge in [0, 0.05) is 25.9 Å². The Labute approximate surface area is 63.6 Å². The monoisotopic (exact) mass is 164 g/mol. The van der Waals surface area contributed by atoms with Crippen LogP contribution in [0.5, 0.6) is 0 Å². The number of hydrogen-bond acceptors (Lipinski definition) is 1. The van der Waals surface area contributed by atoms with Gasteiger partial charge in [0.05, 0.1) is 0 Å². The molecule has 0 aromatic heterocycles. The number of unbranched alkanes of at least 4 members (excludes halogenated alkanes) is 3. The molecule has 1 nitrogen and oxygen atoms in total. The van der Waals surface area contributed by atoms with Crippen LogP contribution < -0.4 is 0 Å². The van der Waals surface area contributed by atoms with Crippen molar-refractivity contribution in [2.24, 2.45) is 0 Å². The molecule has 0 radical (unpaired) electrons. The van der Waals surface area contributed by atoms with Crippen LogP contribution >= 0.6 is 0 Å². The van der Waals surface area contributed by atoms with E-state index in [9.17, 15) is 4.79 Å². The average Bonchev–Trinajstić information content (AvgIpc) is 1.69. The van der Waals surface area contributed by atoms with Gasteiger partial charge in [-0.2, -0.15) is 0 Å². The van der Waals surface area contributed by atoms with Gasteiger partial charge in [-0.3, -0.25) is 0 Å². The van der Waals surface area contributed by atoms with E-state index < -0.39 is 0 Å². The van der Waals surface area contributed by atoms with Crippen molar-refractivity contribution in [1.82, 2.24) is 0 Å². The SMILES string of the molecule is CCCCCC=O.[Zn]. The molecule has 0 heterocycles. The number of hydrogen-bond donors (Lipinski definition) is 0. The first-order chi connectivity index (χ1) is 3.41. The van der Waals surface area contributed by atoms with Crippen LogP contribution in [0, 0.1) is 0 Å². The largest absolute Gasteiger partial charge is 0.303 e. The van der Waals surface area contributed by atoms with Crippen LogP contribution in [0.15, 0.2) is 0 Å². The first kappa shape index (κ1) is 11.1. The average molecular weight is 166 g/mol. The minimum absolute atomic E-state index is 0. The molecule has 2 heteroatoms. The zero-order valence-corrected chi connectivity index (χ0v) is 8.49. The van der Waals surface area contributed by atoms with Crippen LogP contribution in [-0.2, 0) is 24.3 Å². The Kier molecular flexibility index (Phi) is 14.4. The predicted octanol–water partition coefficient (Wildman–Crippen LogP) is 1.76. The zero-order valence-electron chi connectivity index (χ0n) is 5.52. The summed E-state index contributed by atoms with van der Waals surface area (Å²) in [4.78, 5) is 9.68. The molecule has 0 aromatic rings. The van der Waals surface area contributed by atoms with Crippen LogP contribution in [0.2, 0.25) is 0 Å². The van der Waals surface area contributed by atoms with E-state index in [0.717, 1.165) is 19.1 Å². The van der Waals surface area contributed by atoms with Crippen molar-refractivity contribution in [1.29, 1.82) is 0 Å². The molecular weight excluding hydrogens is 153 g/mol. The third kappa shape index (κ3) is 9.57. The molecule has 0 unspecified atom stereocenters. The second-order valence-corrected chi connectivity index (χ2v) is 1.66. The number of rotatable bonds is 4. The van der Waals surface area contributed by atoms with Gasteiger partial charge in [-0.25, -0.2) is 0 Å². The van der Waals surface area contributed by atoms with Gasteiger partial charge >= 0.3 is 0 Å². The van der Waals surface area contributed by atoms with E-state index in [1.807, 2.05) is 0 Å². The number of aldehydes is 1. The summed E-state index contributed by atoms with van der Waals surface area (Å²) in [5.74, 6) is 0. The molecule has 0 spiro atoms. The zero-order chi connectivity index (χ0) is 5.54. The smallest absolute Gasteiger partial charge is 0.119 e. The summed E-state index contributed by atoms with van der Waals surface area (Å²) in [7, 11) is 0. The molecule has 0 saturated heterocycles. The second-order valence-electron chi connectivity index (χ2n) is 1.66. The Morgan fingerprint density at radius 1 is 1.38 bits per heavy atom. The number of carbonyl (C=O) groups excluding carboxylic acids is 1. The Hall–Kier alpha value is 0.293. The molecule has 0 amide bonds. The maximum atomic E-state index is 9.68. The van der Waals surface area contributed by atoms with Crippen molar-refractivity contribution in [3.05, 3.63) is 0 Å². The Balaban J connectivity index is 0. The molecule has 0 N–H and O–H groups in total. The van der Waals surface area contributed by atoms with Gasteiger partial charge in [0.2, 0.25) is 0 Å². The van der Waals surface area contributed by atoms with E-state index in [1.165, 1.54) is 12.8 Å². The van der Waals surface area contributed by atoms with E-state index in [-0.39, 0.29) is 19.5 Å². The summed E-state index contributed by atoms with van der Waals surface area (Å²) in [6.07, 6.45) is 5.19. The predicted molar refractivity (Wildman–Crippen MR) is 30.2 cm³/mol. The van der Waals surface area contributed by atoms with Crippen LogP contribution in [0.25, 0.3) is 0 Å². The first-order valence-corrected chi connectivity index (χ1v) is 2.85. The van der Waals surface area contributed by atoms with E-state index in [0.29, 0.717) is 0 Å². The van der Waals surface area contributed by atoms with Gasteiger partial charge in [-0.1, -0.05) is 19.8 Å². The van der Waals surface area contributed by atoms with E-state index in [1.54, 1.807) is 0 Å². The fourth-order valence-corrected chi connectivity index (χ4v) is 0.478. The molecule has 0 aliphatic heterocycles. The molecule has 0 saturated carbocycles. The van der Waals surface area contributed by atoms with Crippen molar-refractivity contribution >= 4 is 6.29 Å². The van der Waals surface area contributed by atoms with Crippen molar-refractivity contribution in [3.8, 4) is 0 Å². The molecule has 0 atom stereocenters. The summed E-state index contributed by atoms with van der Waals surface area (Å²) in [6, 6.07) is 0. The Morgan fingerprint density at radius 3 is 2.38 bits per heavy atom. The van der Waals surface area contributed by atoms with E-state index in [2.05, 4.69) is 6.92 Å². The normalized spacial score (nSPS) is 7.62. The quantitative estimate of drug-likeness (QED) is 0.353. The standard InChI is InChI=1S/C6H12O.Zn/c1-2-3-4-5-6-7;/h6H,2-5H2,1H3;. The summed E-state index contributed by atoms with van der Waals surface area (Å²) in [6.45, 7) is 2.13. The minimum Gasteiger partial charge on any atom is -0.303 e. The van der Waals surface area contributed by atoms with Crippen LogP contribution in [-0.4, -0.2) is 6.29 Å². The first-order valence-electron chi connectivity index (χ1n) is 2.85. The third-order valence-electron chi connectivity index (χ3n) is 0.926. The fraction of sp³-hybridized carbons (Fsp3) is 0.833. The molecule has 0 bridgehead atoms. The van der Waals surface area contributed by atoms with Crippen molar-refractivity contribution in [2.45, 2.75) is 32.6 Å². The summed E-state index contributed by atoms with van der Waals surface area (Å²) in [5, 5.41) is 0. The summed E-state index contributed by atoms with van der Waals surface area (Å²) >= 11 is 0. The molecule has 44 valence electrons. The van der Waals surface area contributed by atoms with E-state index >= 15 is 0 Å². The molecule has 0 aliphatic carbocycles. The second kappa shape index (κ2) is 10.3. The van der Waals surface area contributed by atoms with Gasteiger partial charge in [0.1, 0.15) is 6.29 Å². The maximum Gasteiger partial charge on any atom is 0.119 e. The van der Waals surface area contributed by atoms with Gasteiger partial charge < -0.3 is 4.79 Å². The van der Waals surface area contributed by atoms with Crippen LogP contribution in [0.1, 0.15) is 32.6 Å². The van der Waals surface area contributed by atoms with Gasteiger partial charge in [-0.05, 0) is 6.42 Å². The molecule has 8 heavy (non-hydrogen) atoms. The summed E-state index contributed by atoms with van der Waals surface area (Å²) < 4.78 is 0. The van der Waals surface area contributed by atoms with Crippen molar-refractivity contribution in [2.75, 3.05) is 0 Å². The third-order valence-corrected chi connectivity index (χ3v) is 0.926. The van der Waals surface area contributed by atoms with Crippen LogP contribution in [0.4, 0.5) is 0 Å². The topological polar surface area (TPSA) is 17.1 Å². The fourth-order valence-electron chi connectivity index (χ4n) is 0.478. The minimum atomic E-state index is 0. The maximum absolute atomic E-state index is 9.68. The molecule has 0 rings (SSSR count). The molecular formula is C6H12OZn. The van der Waals surface area contributed by atoms with Crippen molar-refractivity contribution in [3.63, 3.8) is 0 Å². The molecule has 0 fully saturated rings. The van der Waals surface area contributed by atoms with Crippen molar-refractivity contribution < 1.29 is 24.3 Å². The van der Waals surface area contributed by atoms with Gasteiger partial charge in [0.25, 0.3) is 0 Å². The van der Waals surface area contributed by atoms with E-state index in [4.69, 9.17) is 0 Å². The Morgan fingerprint density at radius 2 is 2.00 bits per heavy atom. The van der Waals surface area contributed by atoms with Crippen LogP contribution in [0.3, 0.4) is 0 Å². The van der Waals surface area contributed by atoms with Gasteiger partial charge in [-0.15, -0.1) is 0 Å².